The van der Waals surface area contributed by atoms with Crippen molar-refractivity contribution in [3.63, 3.8) is 0 Å². The fourth-order valence-corrected chi connectivity index (χ4v) is 2.60. The Morgan fingerprint density at radius 2 is 1.27 bits per heavy atom. The fourth-order valence-electron chi connectivity index (χ4n) is 2.34. The molecule has 0 aliphatic carbocycles. The zero-order valence-corrected chi connectivity index (χ0v) is 15.2. The fraction of sp³-hybridized carbons (Fsp3) is 0.0476. The minimum absolute atomic E-state index is 0.0904. The number of carbonyl (C=O) groups excluding carboxylic acids is 2. The van der Waals surface area contributed by atoms with Gasteiger partial charge in [-0.1, -0.05) is 28.1 Å². The number of halogens is 2. The van der Waals surface area contributed by atoms with Gasteiger partial charge in [-0.05, 0) is 60.7 Å². The molecule has 0 aliphatic rings. The molecule has 0 bridgehead atoms. The van der Waals surface area contributed by atoms with Crippen LogP contribution in [-0.2, 0) is 0 Å². The number of hydrogen-bond donors (Lipinski definition) is 0. The second-order valence-corrected chi connectivity index (χ2v) is 6.49. The van der Waals surface area contributed by atoms with Crippen LogP contribution >= 0.6 is 15.9 Å². The Bertz CT molecular complexity index is 917. The summed E-state index contributed by atoms with van der Waals surface area (Å²) in [7, 11) is 0. The van der Waals surface area contributed by atoms with E-state index in [1.165, 1.54) is 24.3 Å². The summed E-state index contributed by atoms with van der Waals surface area (Å²) >= 11 is 3.32. The van der Waals surface area contributed by atoms with E-state index in [2.05, 4.69) is 15.9 Å². The summed E-state index contributed by atoms with van der Waals surface area (Å²) < 4.78 is 19.3. The Hall–Kier alpha value is -2.79. The van der Waals surface area contributed by atoms with E-state index in [0.717, 1.165) is 4.47 Å². The van der Waals surface area contributed by atoms with Gasteiger partial charge in [-0.15, -0.1) is 0 Å². The molecular weight excluding hydrogens is 399 g/mol. The maximum atomic E-state index is 12.9. The molecule has 0 saturated carbocycles. The Balaban J connectivity index is 1.62. The quantitative estimate of drug-likeness (QED) is 0.530. The van der Waals surface area contributed by atoms with Gasteiger partial charge in [0.15, 0.2) is 18.2 Å². The summed E-state index contributed by atoms with van der Waals surface area (Å²) in [5.74, 6) is -0.238. The third-order valence-corrected chi connectivity index (χ3v) is 4.29. The number of carbonyl (C=O) groups is 2. The highest BCUT2D eigenvalue weighted by Gasteiger charge is 2.10. The third-order valence-electron chi connectivity index (χ3n) is 3.76. The van der Waals surface area contributed by atoms with Crippen LogP contribution in [0.4, 0.5) is 4.39 Å². The summed E-state index contributed by atoms with van der Waals surface area (Å²) in [5.41, 5.74) is 1.44. The molecule has 0 N–H and O–H groups in total. The summed E-state index contributed by atoms with van der Waals surface area (Å²) in [6.07, 6.45) is 0. The lowest BCUT2D eigenvalue weighted by Gasteiger charge is -2.07. The van der Waals surface area contributed by atoms with Crippen molar-refractivity contribution in [3.05, 3.63) is 99.8 Å². The van der Waals surface area contributed by atoms with Crippen molar-refractivity contribution in [1.29, 1.82) is 0 Å². The SMILES string of the molecule is O=C(COc1ccc(C(=O)c2ccc(F)cc2)cc1)c1ccc(Br)cc1. The number of rotatable bonds is 6. The van der Waals surface area contributed by atoms with E-state index < -0.39 is 0 Å². The monoisotopic (exact) mass is 412 g/mol. The lowest BCUT2D eigenvalue weighted by Crippen LogP contribution is -2.11. The van der Waals surface area contributed by atoms with Gasteiger partial charge in [0.1, 0.15) is 11.6 Å². The molecule has 3 nitrogen and oxygen atoms in total. The number of ketones is 2. The third kappa shape index (κ3) is 4.43. The topological polar surface area (TPSA) is 43.4 Å². The molecule has 3 rings (SSSR count). The highest BCUT2D eigenvalue weighted by Crippen LogP contribution is 2.17. The first-order valence-electron chi connectivity index (χ1n) is 7.85. The van der Waals surface area contributed by atoms with Crippen LogP contribution in [0.3, 0.4) is 0 Å². The predicted molar refractivity (Wildman–Crippen MR) is 100 cm³/mol. The minimum atomic E-state index is -0.388. The molecule has 0 aliphatic heterocycles. The number of Topliss-reactive ketones (excluding diaryl/α,β-unsaturated/α-hetero) is 1. The van der Waals surface area contributed by atoms with Crippen LogP contribution in [-0.4, -0.2) is 18.2 Å². The normalized spacial score (nSPS) is 10.4. The van der Waals surface area contributed by atoms with Crippen molar-refractivity contribution in [2.75, 3.05) is 6.61 Å². The van der Waals surface area contributed by atoms with Crippen LogP contribution in [0.2, 0.25) is 0 Å². The van der Waals surface area contributed by atoms with Crippen LogP contribution in [0.1, 0.15) is 26.3 Å². The molecule has 0 atom stereocenters. The van der Waals surface area contributed by atoms with Crippen LogP contribution in [0, 0.1) is 5.82 Å². The zero-order valence-electron chi connectivity index (χ0n) is 13.6. The van der Waals surface area contributed by atoms with Crippen molar-refractivity contribution >= 4 is 27.5 Å². The second-order valence-electron chi connectivity index (χ2n) is 5.58. The van der Waals surface area contributed by atoms with Gasteiger partial charge in [-0.25, -0.2) is 4.39 Å². The maximum absolute atomic E-state index is 12.9. The molecule has 3 aromatic rings. The Morgan fingerprint density at radius 3 is 1.85 bits per heavy atom. The Labute approximate surface area is 158 Å². The van der Waals surface area contributed by atoms with Gasteiger partial charge in [0.05, 0.1) is 0 Å². The van der Waals surface area contributed by atoms with Gasteiger partial charge in [-0.2, -0.15) is 0 Å². The summed E-state index contributed by atoms with van der Waals surface area (Å²) in [5, 5.41) is 0. The van der Waals surface area contributed by atoms with Gasteiger partial charge in [0.2, 0.25) is 0 Å². The van der Waals surface area contributed by atoms with Crippen molar-refractivity contribution < 1.29 is 18.7 Å². The van der Waals surface area contributed by atoms with Crippen molar-refractivity contribution in [2.45, 2.75) is 0 Å². The molecule has 0 radical (unpaired) electrons. The highest BCUT2D eigenvalue weighted by molar-refractivity contribution is 9.10. The van der Waals surface area contributed by atoms with E-state index in [0.29, 0.717) is 22.4 Å². The summed E-state index contributed by atoms with van der Waals surface area (Å²) in [6, 6.07) is 18.9. The molecule has 26 heavy (non-hydrogen) atoms. The van der Waals surface area contributed by atoms with Crippen molar-refractivity contribution in [2.24, 2.45) is 0 Å². The average Bonchev–Trinajstić information content (AvgIpc) is 2.67. The average molecular weight is 413 g/mol. The van der Waals surface area contributed by atoms with Crippen LogP contribution in [0.5, 0.6) is 5.75 Å². The lowest BCUT2D eigenvalue weighted by molar-refractivity contribution is 0.0920. The molecule has 0 fully saturated rings. The highest BCUT2D eigenvalue weighted by atomic mass is 79.9. The van der Waals surface area contributed by atoms with Crippen LogP contribution in [0.15, 0.2) is 77.3 Å². The van der Waals surface area contributed by atoms with Gasteiger partial charge >= 0.3 is 0 Å². The molecular formula is C21H14BrFO3. The number of hydrogen-bond acceptors (Lipinski definition) is 3. The first-order chi connectivity index (χ1) is 12.5. The van der Waals surface area contributed by atoms with E-state index in [1.807, 2.05) is 0 Å². The van der Waals surface area contributed by atoms with Gasteiger partial charge in [-0.3, -0.25) is 9.59 Å². The van der Waals surface area contributed by atoms with E-state index >= 15 is 0 Å². The lowest BCUT2D eigenvalue weighted by atomic mass is 10.0. The second kappa shape index (κ2) is 8.06. The minimum Gasteiger partial charge on any atom is -0.485 e. The Morgan fingerprint density at radius 1 is 0.769 bits per heavy atom. The molecule has 0 aromatic heterocycles. The first-order valence-corrected chi connectivity index (χ1v) is 8.64. The smallest absolute Gasteiger partial charge is 0.200 e. The van der Waals surface area contributed by atoms with E-state index in [4.69, 9.17) is 4.74 Å². The Kier molecular flexibility index (Phi) is 5.58. The molecule has 130 valence electrons. The van der Waals surface area contributed by atoms with Gasteiger partial charge < -0.3 is 4.74 Å². The molecule has 0 amide bonds. The van der Waals surface area contributed by atoms with Crippen molar-refractivity contribution in [1.82, 2.24) is 0 Å². The molecule has 0 saturated heterocycles. The standard InChI is InChI=1S/C21H14BrFO3/c22-17-7-1-14(2-8-17)20(24)13-26-19-11-5-16(6-12-19)21(25)15-3-9-18(23)10-4-15/h1-12H,13H2. The largest absolute Gasteiger partial charge is 0.485 e. The van der Waals surface area contributed by atoms with Crippen molar-refractivity contribution in [3.8, 4) is 5.75 Å². The number of benzene rings is 3. The molecule has 0 unspecified atom stereocenters. The molecule has 5 heteroatoms. The van der Waals surface area contributed by atoms with E-state index in [1.54, 1.807) is 48.5 Å². The van der Waals surface area contributed by atoms with Gasteiger partial charge in [0, 0.05) is 21.2 Å². The zero-order chi connectivity index (χ0) is 18.5. The molecule has 3 aromatic carbocycles. The van der Waals surface area contributed by atoms with E-state index in [-0.39, 0.29) is 24.0 Å². The number of ether oxygens (including phenoxy) is 1. The molecule has 0 spiro atoms. The first kappa shape index (κ1) is 18.0. The van der Waals surface area contributed by atoms with Gasteiger partial charge in [0.25, 0.3) is 0 Å². The van der Waals surface area contributed by atoms with Crippen LogP contribution < -0.4 is 4.74 Å². The van der Waals surface area contributed by atoms with E-state index in [9.17, 15) is 14.0 Å². The molecule has 0 heterocycles. The summed E-state index contributed by atoms with van der Waals surface area (Å²) in [6.45, 7) is -0.0904. The van der Waals surface area contributed by atoms with Crippen LogP contribution in [0.25, 0.3) is 0 Å². The predicted octanol–water partition coefficient (Wildman–Crippen LogP) is 5.08. The maximum Gasteiger partial charge on any atom is 0.200 e. The summed E-state index contributed by atoms with van der Waals surface area (Å²) in [4.78, 5) is 24.4.